The van der Waals surface area contributed by atoms with Gasteiger partial charge in [-0.05, 0) is 56.5 Å². The van der Waals surface area contributed by atoms with Crippen LogP contribution in [0.3, 0.4) is 0 Å². The van der Waals surface area contributed by atoms with E-state index in [0.29, 0.717) is 17.2 Å². The Morgan fingerprint density at radius 1 is 1.33 bits per heavy atom. The van der Waals surface area contributed by atoms with E-state index >= 15 is 0 Å². The molecule has 1 amide bonds. The van der Waals surface area contributed by atoms with Gasteiger partial charge in [0.05, 0.1) is 10.9 Å². The zero-order chi connectivity index (χ0) is 17.7. The lowest BCUT2D eigenvalue weighted by molar-refractivity contribution is -0.123. The fourth-order valence-electron chi connectivity index (χ4n) is 3.32. The van der Waals surface area contributed by atoms with Crippen LogP contribution in [0, 0.1) is 5.92 Å². The summed E-state index contributed by atoms with van der Waals surface area (Å²) in [6.45, 7) is 4.11. The summed E-state index contributed by atoms with van der Waals surface area (Å²) in [4.78, 5) is 14.9. The zero-order valence-corrected chi connectivity index (χ0v) is 15.6. The molecule has 2 atom stereocenters. The number of carbonyl (C=O) groups excluding carboxylic acids is 1. The predicted molar refractivity (Wildman–Crippen MR) is 95.6 cm³/mol. The van der Waals surface area contributed by atoms with Gasteiger partial charge in [0, 0.05) is 19.2 Å². The number of carbonyl (C=O) groups is 1. The summed E-state index contributed by atoms with van der Waals surface area (Å²) in [5, 5.41) is 3.10. The van der Waals surface area contributed by atoms with E-state index in [-0.39, 0.29) is 11.9 Å². The maximum atomic E-state index is 12.4. The summed E-state index contributed by atoms with van der Waals surface area (Å²) >= 11 is 0. The fourth-order valence-corrected chi connectivity index (χ4v) is 3.95. The number of benzene rings is 1. The van der Waals surface area contributed by atoms with Crippen molar-refractivity contribution >= 4 is 15.7 Å². The van der Waals surface area contributed by atoms with Crippen LogP contribution in [-0.4, -0.2) is 45.6 Å². The van der Waals surface area contributed by atoms with Gasteiger partial charge in [-0.25, -0.2) is 8.42 Å². The van der Waals surface area contributed by atoms with Gasteiger partial charge in [0.1, 0.15) is 0 Å². The highest BCUT2D eigenvalue weighted by molar-refractivity contribution is 7.90. The van der Waals surface area contributed by atoms with Gasteiger partial charge in [0.25, 0.3) is 0 Å². The van der Waals surface area contributed by atoms with Gasteiger partial charge in [-0.3, -0.25) is 4.79 Å². The first-order valence-corrected chi connectivity index (χ1v) is 10.5. The van der Waals surface area contributed by atoms with Crippen LogP contribution in [0.1, 0.15) is 44.2 Å². The molecule has 1 aliphatic rings. The molecule has 2 unspecified atom stereocenters. The molecular formula is C18H28N2O3S. The van der Waals surface area contributed by atoms with Gasteiger partial charge in [0.2, 0.25) is 5.91 Å². The molecule has 1 heterocycles. The number of hydrogen-bond donors (Lipinski definition) is 1. The van der Waals surface area contributed by atoms with E-state index in [0.717, 1.165) is 37.9 Å². The van der Waals surface area contributed by atoms with Crippen LogP contribution in [0.2, 0.25) is 0 Å². The average Bonchev–Trinajstić information content (AvgIpc) is 2.52. The molecule has 6 heteroatoms. The van der Waals surface area contributed by atoms with Crippen molar-refractivity contribution < 1.29 is 13.2 Å². The molecule has 0 saturated carbocycles. The van der Waals surface area contributed by atoms with E-state index in [1.165, 1.54) is 6.26 Å². The van der Waals surface area contributed by atoms with Crippen molar-refractivity contribution in [2.45, 2.75) is 43.5 Å². The van der Waals surface area contributed by atoms with E-state index in [1.54, 1.807) is 24.3 Å². The Bertz CT molecular complexity index is 655. The van der Waals surface area contributed by atoms with Crippen LogP contribution in [-0.2, 0) is 14.6 Å². The lowest BCUT2D eigenvalue weighted by Gasteiger charge is -2.29. The maximum Gasteiger partial charge on any atom is 0.220 e. The van der Waals surface area contributed by atoms with Gasteiger partial charge in [-0.15, -0.1) is 0 Å². The molecule has 1 aliphatic heterocycles. The molecule has 134 valence electrons. The minimum atomic E-state index is -3.19. The standard InChI is InChI=1S/C18H28N2O3S/c1-4-17(15-7-9-16(10-8-15)24(3,22)23)19-18(21)12-14-6-5-11-20(2)13-14/h7-10,14,17H,4-6,11-13H2,1-3H3,(H,19,21). The summed E-state index contributed by atoms with van der Waals surface area (Å²) in [6, 6.07) is 6.72. The lowest BCUT2D eigenvalue weighted by Crippen LogP contribution is -2.36. The van der Waals surface area contributed by atoms with Crippen molar-refractivity contribution in [2.24, 2.45) is 5.92 Å². The highest BCUT2D eigenvalue weighted by atomic mass is 32.2. The minimum absolute atomic E-state index is 0.0765. The van der Waals surface area contributed by atoms with Crippen LogP contribution in [0.4, 0.5) is 0 Å². The molecule has 1 aromatic rings. The first-order chi connectivity index (χ1) is 11.3. The predicted octanol–water partition coefficient (Wildman–Crippen LogP) is 2.39. The second kappa shape index (κ2) is 8.12. The molecule has 0 bridgehead atoms. The molecule has 0 aliphatic carbocycles. The quantitative estimate of drug-likeness (QED) is 0.854. The molecule has 2 rings (SSSR count). The van der Waals surface area contributed by atoms with Crippen LogP contribution < -0.4 is 5.32 Å². The molecular weight excluding hydrogens is 324 g/mol. The van der Waals surface area contributed by atoms with E-state index in [4.69, 9.17) is 0 Å². The van der Waals surface area contributed by atoms with Crippen molar-refractivity contribution in [3.05, 3.63) is 29.8 Å². The van der Waals surface area contributed by atoms with Crippen LogP contribution in [0.15, 0.2) is 29.2 Å². The second-order valence-corrected chi connectivity index (χ2v) is 8.86. The normalized spacial score (nSPS) is 20.5. The fraction of sp³-hybridized carbons (Fsp3) is 0.611. The molecule has 1 fully saturated rings. The maximum absolute atomic E-state index is 12.4. The monoisotopic (exact) mass is 352 g/mol. The smallest absolute Gasteiger partial charge is 0.220 e. The zero-order valence-electron chi connectivity index (χ0n) is 14.8. The number of nitrogens with zero attached hydrogens (tertiary/aromatic N) is 1. The lowest BCUT2D eigenvalue weighted by atomic mass is 9.94. The largest absolute Gasteiger partial charge is 0.349 e. The summed E-state index contributed by atoms with van der Waals surface area (Å²) < 4.78 is 23.1. The first-order valence-electron chi connectivity index (χ1n) is 8.57. The third-order valence-electron chi connectivity index (χ3n) is 4.65. The van der Waals surface area contributed by atoms with Crippen molar-refractivity contribution in [3.63, 3.8) is 0 Å². The highest BCUT2D eigenvalue weighted by Gasteiger charge is 2.21. The van der Waals surface area contributed by atoms with Crippen LogP contribution >= 0.6 is 0 Å². The number of sulfone groups is 1. The molecule has 0 radical (unpaired) electrons. The summed E-state index contributed by atoms with van der Waals surface area (Å²) in [7, 11) is -1.09. The SMILES string of the molecule is CCC(NC(=O)CC1CCCN(C)C1)c1ccc(S(C)(=O)=O)cc1. The third-order valence-corrected chi connectivity index (χ3v) is 5.78. The number of nitrogens with one attached hydrogen (secondary N) is 1. The van der Waals surface area contributed by atoms with Gasteiger partial charge < -0.3 is 10.2 Å². The molecule has 1 N–H and O–H groups in total. The molecule has 5 nitrogen and oxygen atoms in total. The topological polar surface area (TPSA) is 66.5 Å². The van der Waals surface area contributed by atoms with Crippen molar-refractivity contribution in [3.8, 4) is 0 Å². The Kier molecular flexibility index (Phi) is 6.40. The number of rotatable bonds is 6. The number of amides is 1. The number of piperidine rings is 1. The Morgan fingerprint density at radius 3 is 2.54 bits per heavy atom. The Hall–Kier alpha value is -1.40. The van der Waals surface area contributed by atoms with Gasteiger partial charge in [-0.1, -0.05) is 19.1 Å². The molecule has 0 spiro atoms. The minimum Gasteiger partial charge on any atom is -0.349 e. The molecule has 1 saturated heterocycles. The molecule has 24 heavy (non-hydrogen) atoms. The Morgan fingerprint density at radius 2 is 2.00 bits per heavy atom. The third kappa shape index (κ3) is 5.31. The van der Waals surface area contributed by atoms with E-state index in [1.807, 2.05) is 6.92 Å². The first kappa shape index (κ1) is 18.9. The van der Waals surface area contributed by atoms with E-state index in [2.05, 4.69) is 17.3 Å². The van der Waals surface area contributed by atoms with Crippen LogP contribution in [0.25, 0.3) is 0 Å². The summed E-state index contributed by atoms with van der Waals surface area (Å²) in [5.74, 6) is 0.503. The van der Waals surface area contributed by atoms with E-state index < -0.39 is 9.84 Å². The van der Waals surface area contributed by atoms with Crippen molar-refractivity contribution in [1.82, 2.24) is 10.2 Å². The molecule has 1 aromatic carbocycles. The van der Waals surface area contributed by atoms with Crippen molar-refractivity contribution in [2.75, 3.05) is 26.4 Å². The van der Waals surface area contributed by atoms with E-state index in [9.17, 15) is 13.2 Å². The van der Waals surface area contributed by atoms with Crippen molar-refractivity contribution in [1.29, 1.82) is 0 Å². The van der Waals surface area contributed by atoms with Gasteiger partial charge in [0.15, 0.2) is 9.84 Å². The average molecular weight is 353 g/mol. The Balaban J connectivity index is 1.97. The second-order valence-electron chi connectivity index (χ2n) is 6.84. The highest BCUT2D eigenvalue weighted by Crippen LogP contribution is 2.22. The van der Waals surface area contributed by atoms with Gasteiger partial charge in [-0.2, -0.15) is 0 Å². The number of likely N-dealkylation sites (tertiary alicyclic amines) is 1. The summed E-state index contributed by atoms with van der Waals surface area (Å²) in [5.41, 5.74) is 0.944. The Labute approximate surface area is 145 Å². The number of hydrogen-bond acceptors (Lipinski definition) is 4. The summed E-state index contributed by atoms with van der Waals surface area (Å²) in [6.07, 6.45) is 4.79. The molecule has 0 aromatic heterocycles. The van der Waals surface area contributed by atoms with Crippen LogP contribution in [0.5, 0.6) is 0 Å². The van der Waals surface area contributed by atoms with Gasteiger partial charge >= 0.3 is 0 Å².